The Balaban J connectivity index is 1.19. The first-order chi connectivity index (χ1) is 28.2. The van der Waals surface area contributed by atoms with Crippen molar-refractivity contribution in [2.75, 3.05) is 4.90 Å². The van der Waals surface area contributed by atoms with Gasteiger partial charge in [0.25, 0.3) is 0 Å². The average Bonchev–Trinajstić information content (AvgIpc) is 3.63. The summed E-state index contributed by atoms with van der Waals surface area (Å²) >= 11 is 0. The highest BCUT2D eigenvalue weighted by molar-refractivity contribution is 6.14. The van der Waals surface area contributed by atoms with Crippen LogP contribution in [0.5, 0.6) is 0 Å². The average molecular weight is 744 g/mol. The highest BCUT2D eigenvalue weighted by Crippen LogP contribution is 2.54. The molecule has 9 aromatic carbocycles. The molecule has 1 nitrogen and oxygen atoms in total. The first-order valence-electron chi connectivity index (χ1n) is 20.6. The van der Waals surface area contributed by atoms with E-state index in [0.717, 1.165) is 11.4 Å². The summed E-state index contributed by atoms with van der Waals surface area (Å²) < 4.78 is 0. The summed E-state index contributed by atoms with van der Waals surface area (Å²) in [6, 6.07) is 68.2. The Hall–Kier alpha value is -6.70. The van der Waals surface area contributed by atoms with E-state index in [4.69, 9.17) is 0 Å². The topological polar surface area (TPSA) is 3.24 Å². The van der Waals surface area contributed by atoms with Gasteiger partial charge in [-0.05, 0) is 138 Å². The van der Waals surface area contributed by atoms with Crippen LogP contribution in [0.3, 0.4) is 0 Å². The van der Waals surface area contributed by atoms with E-state index < -0.39 is 0 Å². The fourth-order valence-corrected chi connectivity index (χ4v) is 10.4. The van der Waals surface area contributed by atoms with E-state index in [0.29, 0.717) is 0 Å². The zero-order valence-electron chi connectivity index (χ0n) is 33.8. The Morgan fingerprint density at radius 2 is 0.845 bits per heavy atom. The predicted molar refractivity (Wildman–Crippen MR) is 247 cm³/mol. The van der Waals surface area contributed by atoms with Crippen LogP contribution in [0.1, 0.15) is 55.5 Å². The van der Waals surface area contributed by atoms with Crippen LogP contribution in [0.25, 0.3) is 66.1 Å². The van der Waals surface area contributed by atoms with Gasteiger partial charge in [-0.15, -0.1) is 0 Å². The predicted octanol–water partition coefficient (Wildman–Crippen LogP) is 15.7. The molecule has 0 saturated carbocycles. The molecule has 0 amide bonds. The first-order valence-corrected chi connectivity index (χ1v) is 20.6. The van der Waals surface area contributed by atoms with Gasteiger partial charge in [0.2, 0.25) is 0 Å². The molecule has 0 saturated heterocycles. The Morgan fingerprint density at radius 1 is 0.345 bits per heavy atom. The molecule has 0 bridgehead atoms. The minimum Gasteiger partial charge on any atom is -0.310 e. The Bertz CT molecular complexity index is 3020. The summed E-state index contributed by atoms with van der Waals surface area (Å²) in [7, 11) is 0. The van der Waals surface area contributed by atoms with E-state index in [1.54, 1.807) is 0 Å². The fourth-order valence-electron chi connectivity index (χ4n) is 10.4. The molecule has 0 spiro atoms. The second-order valence-corrected chi connectivity index (χ2v) is 17.4. The summed E-state index contributed by atoms with van der Waals surface area (Å²) in [6.07, 6.45) is 0. The summed E-state index contributed by atoms with van der Waals surface area (Å²) in [5, 5.41) is 5.09. The van der Waals surface area contributed by atoms with Gasteiger partial charge >= 0.3 is 0 Å². The van der Waals surface area contributed by atoms with Gasteiger partial charge in [0.15, 0.2) is 0 Å². The third-order valence-corrected chi connectivity index (χ3v) is 13.3. The summed E-state index contributed by atoms with van der Waals surface area (Å²) in [6.45, 7) is 11.8. The maximum absolute atomic E-state index is 2.55. The van der Waals surface area contributed by atoms with Gasteiger partial charge in [-0.3, -0.25) is 0 Å². The molecule has 0 fully saturated rings. The number of anilines is 3. The van der Waals surface area contributed by atoms with Gasteiger partial charge in [0, 0.05) is 27.8 Å². The van der Waals surface area contributed by atoms with Gasteiger partial charge in [-0.25, -0.2) is 0 Å². The SMILES string of the molecule is Cc1cc(-c2cc3ccccc3c3ccccc23)cc(-c2ccccc2)c1N(c1ccc2c(c1)C(C)(C)c1ccccc1-2)c1ccc2c(c1)C(C)(C)c1ccccc1-2. The minimum absolute atomic E-state index is 0.131. The molecule has 0 radical (unpaired) electrons. The zero-order chi connectivity index (χ0) is 39.3. The van der Waals surface area contributed by atoms with Crippen LogP contribution in [0, 0.1) is 6.92 Å². The normalized spacial score (nSPS) is 14.2. The van der Waals surface area contributed by atoms with Crippen LogP contribution >= 0.6 is 0 Å². The molecule has 11 rings (SSSR count). The maximum Gasteiger partial charge on any atom is 0.0569 e. The van der Waals surface area contributed by atoms with Gasteiger partial charge in [-0.1, -0.05) is 167 Å². The lowest BCUT2D eigenvalue weighted by molar-refractivity contribution is 0.660. The number of hydrogen-bond donors (Lipinski definition) is 0. The lowest BCUT2D eigenvalue weighted by atomic mass is 9.82. The maximum atomic E-state index is 2.55. The number of benzene rings is 9. The molecule has 0 N–H and O–H groups in total. The molecule has 0 aromatic heterocycles. The summed E-state index contributed by atoms with van der Waals surface area (Å²) in [4.78, 5) is 2.55. The van der Waals surface area contributed by atoms with Crippen molar-refractivity contribution in [2.45, 2.75) is 45.4 Å². The molecule has 0 aliphatic heterocycles. The van der Waals surface area contributed by atoms with Gasteiger partial charge in [0.05, 0.1) is 5.69 Å². The van der Waals surface area contributed by atoms with Crippen molar-refractivity contribution in [3.63, 3.8) is 0 Å². The molecule has 2 aliphatic carbocycles. The first kappa shape index (κ1) is 34.5. The standard InChI is InChI=1S/C57H45N/c1-36-31-39(49-32-38-19-9-10-20-42(38)43-21-11-12-22-44(43)49)33-50(37-17-7-6-8-18-37)55(36)58(40-27-29-47-45-23-13-15-25-51(45)56(2,3)53(47)34-40)41-28-30-48-46-24-14-16-26-52(46)57(4,5)54(48)35-41/h6-35H,1-5H3. The molecule has 0 atom stereocenters. The number of rotatable bonds is 5. The van der Waals surface area contributed by atoms with E-state index in [1.165, 1.54) is 99.6 Å². The smallest absolute Gasteiger partial charge is 0.0569 e. The number of aryl methyl sites for hydroxylation is 1. The van der Waals surface area contributed by atoms with Crippen LogP contribution in [0.4, 0.5) is 17.1 Å². The number of nitrogens with zero attached hydrogens (tertiary/aromatic N) is 1. The van der Waals surface area contributed by atoms with Crippen molar-refractivity contribution in [3.05, 3.63) is 210 Å². The second kappa shape index (κ2) is 12.7. The molecular formula is C57H45N. The Morgan fingerprint density at radius 3 is 1.47 bits per heavy atom. The van der Waals surface area contributed by atoms with Gasteiger partial charge < -0.3 is 4.90 Å². The Labute approximate surface area is 341 Å². The summed E-state index contributed by atoms with van der Waals surface area (Å²) in [5.74, 6) is 0. The lowest BCUT2D eigenvalue weighted by Gasteiger charge is -2.32. The van der Waals surface area contributed by atoms with Crippen LogP contribution in [0.15, 0.2) is 182 Å². The largest absolute Gasteiger partial charge is 0.310 e. The summed E-state index contributed by atoms with van der Waals surface area (Å²) in [5.41, 5.74) is 20.2. The van der Waals surface area contributed by atoms with Crippen LogP contribution < -0.4 is 4.90 Å². The van der Waals surface area contributed by atoms with E-state index in [2.05, 4.69) is 222 Å². The fraction of sp³-hybridized carbons (Fsp3) is 0.123. The number of fused-ring (bicyclic) bond motifs is 9. The minimum atomic E-state index is -0.131. The molecule has 58 heavy (non-hydrogen) atoms. The highest BCUT2D eigenvalue weighted by Gasteiger charge is 2.38. The van der Waals surface area contributed by atoms with E-state index in [-0.39, 0.29) is 10.8 Å². The van der Waals surface area contributed by atoms with Crippen molar-refractivity contribution in [2.24, 2.45) is 0 Å². The van der Waals surface area contributed by atoms with Crippen molar-refractivity contribution < 1.29 is 0 Å². The van der Waals surface area contributed by atoms with Crippen molar-refractivity contribution in [3.8, 4) is 44.5 Å². The molecule has 9 aromatic rings. The van der Waals surface area contributed by atoms with Crippen molar-refractivity contribution >= 4 is 38.6 Å². The third kappa shape index (κ3) is 5.02. The van der Waals surface area contributed by atoms with Crippen LogP contribution in [-0.4, -0.2) is 0 Å². The molecule has 2 aliphatic rings. The number of hydrogen-bond acceptors (Lipinski definition) is 1. The molecular weight excluding hydrogens is 699 g/mol. The molecule has 1 heteroatoms. The van der Waals surface area contributed by atoms with Crippen molar-refractivity contribution in [1.82, 2.24) is 0 Å². The Kier molecular flexibility index (Phi) is 7.53. The van der Waals surface area contributed by atoms with Gasteiger partial charge in [-0.2, -0.15) is 0 Å². The van der Waals surface area contributed by atoms with E-state index in [1.807, 2.05) is 0 Å². The highest BCUT2D eigenvalue weighted by atomic mass is 15.1. The molecule has 0 heterocycles. The van der Waals surface area contributed by atoms with Crippen LogP contribution in [0.2, 0.25) is 0 Å². The third-order valence-electron chi connectivity index (χ3n) is 13.3. The van der Waals surface area contributed by atoms with Crippen LogP contribution in [-0.2, 0) is 10.8 Å². The van der Waals surface area contributed by atoms with Gasteiger partial charge in [0.1, 0.15) is 0 Å². The monoisotopic (exact) mass is 743 g/mol. The molecule has 278 valence electrons. The quantitative estimate of drug-likeness (QED) is 0.159. The van der Waals surface area contributed by atoms with Crippen molar-refractivity contribution in [1.29, 1.82) is 0 Å². The molecule has 0 unspecified atom stereocenters. The van der Waals surface area contributed by atoms with E-state index >= 15 is 0 Å². The lowest BCUT2D eigenvalue weighted by Crippen LogP contribution is -2.18. The zero-order valence-corrected chi connectivity index (χ0v) is 33.8. The second-order valence-electron chi connectivity index (χ2n) is 17.4. The van der Waals surface area contributed by atoms with E-state index in [9.17, 15) is 0 Å².